The largest absolute Gasteiger partial charge is 0.311 e. The minimum atomic E-state index is 0.725. The van der Waals surface area contributed by atoms with Crippen molar-refractivity contribution in [3.63, 3.8) is 0 Å². The highest BCUT2D eigenvalue weighted by atomic mass is 15.0. The van der Waals surface area contributed by atoms with E-state index in [0.29, 0.717) is 0 Å². The molecule has 2 fully saturated rings. The van der Waals surface area contributed by atoms with Gasteiger partial charge in [0, 0.05) is 12.1 Å². The zero-order chi connectivity index (χ0) is 10.8. The van der Waals surface area contributed by atoms with Crippen molar-refractivity contribution in [1.82, 2.24) is 5.32 Å². The van der Waals surface area contributed by atoms with E-state index in [1.165, 1.54) is 38.5 Å². The molecule has 2 aliphatic carbocycles. The molecule has 1 N–H and O–H groups in total. The van der Waals surface area contributed by atoms with E-state index < -0.39 is 0 Å². The summed E-state index contributed by atoms with van der Waals surface area (Å²) in [6.45, 7) is 7.21. The molecule has 0 bridgehead atoms. The van der Waals surface area contributed by atoms with Crippen LogP contribution in [0.1, 0.15) is 59.3 Å². The van der Waals surface area contributed by atoms with Crippen molar-refractivity contribution in [1.29, 1.82) is 0 Å². The molecule has 0 aromatic rings. The highest BCUT2D eigenvalue weighted by Gasteiger charge is 2.35. The predicted octanol–water partition coefficient (Wildman–Crippen LogP) is 3.59. The third-order valence-corrected chi connectivity index (χ3v) is 4.77. The van der Waals surface area contributed by atoms with E-state index in [1.807, 2.05) is 0 Å². The third kappa shape index (κ3) is 2.96. The van der Waals surface area contributed by atoms with Gasteiger partial charge in [-0.1, -0.05) is 46.0 Å². The second kappa shape index (κ2) is 4.86. The van der Waals surface area contributed by atoms with Crippen molar-refractivity contribution >= 4 is 0 Å². The van der Waals surface area contributed by atoms with Gasteiger partial charge in [0.2, 0.25) is 0 Å². The Morgan fingerprint density at radius 3 is 2.20 bits per heavy atom. The Kier molecular flexibility index (Phi) is 3.71. The summed E-state index contributed by atoms with van der Waals surface area (Å²) in [6.07, 6.45) is 8.79. The maximum Gasteiger partial charge on any atom is 0.00989 e. The van der Waals surface area contributed by atoms with Crippen LogP contribution in [0.2, 0.25) is 0 Å². The molecule has 4 atom stereocenters. The zero-order valence-electron chi connectivity index (χ0n) is 10.6. The lowest BCUT2D eigenvalue weighted by atomic mass is 9.78. The smallest absolute Gasteiger partial charge is 0.00989 e. The minimum absolute atomic E-state index is 0.725. The molecule has 1 nitrogen and oxygen atoms in total. The Hall–Kier alpha value is -0.0400. The van der Waals surface area contributed by atoms with E-state index >= 15 is 0 Å². The lowest BCUT2D eigenvalue weighted by Gasteiger charge is -2.32. The fourth-order valence-corrected chi connectivity index (χ4v) is 3.11. The molecular weight excluding hydrogens is 182 g/mol. The van der Waals surface area contributed by atoms with Gasteiger partial charge in [0.1, 0.15) is 0 Å². The summed E-state index contributed by atoms with van der Waals surface area (Å²) in [6, 6.07) is 1.56. The van der Waals surface area contributed by atoms with Gasteiger partial charge in [-0.2, -0.15) is 0 Å². The van der Waals surface area contributed by atoms with Crippen LogP contribution in [0.4, 0.5) is 0 Å². The third-order valence-electron chi connectivity index (χ3n) is 4.77. The summed E-state index contributed by atoms with van der Waals surface area (Å²) in [5.74, 6) is 2.81. The molecular formula is C14H27N. The maximum absolute atomic E-state index is 3.80. The SMILES string of the molecule is CC1CC1NC(C)C(C)C1CCCCC1. The van der Waals surface area contributed by atoms with E-state index in [2.05, 4.69) is 26.1 Å². The minimum Gasteiger partial charge on any atom is -0.311 e. The first-order valence-electron chi connectivity index (χ1n) is 6.94. The molecule has 0 aromatic carbocycles. The van der Waals surface area contributed by atoms with Gasteiger partial charge in [0.15, 0.2) is 0 Å². The Morgan fingerprint density at radius 2 is 1.67 bits per heavy atom. The van der Waals surface area contributed by atoms with Gasteiger partial charge >= 0.3 is 0 Å². The Bertz CT molecular complexity index is 196. The van der Waals surface area contributed by atoms with Gasteiger partial charge in [-0.05, 0) is 31.1 Å². The van der Waals surface area contributed by atoms with Crippen LogP contribution in [0.5, 0.6) is 0 Å². The molecule has 2 aliphatic rings. The first kappa shape index (κ1) is 11.4. The Balaban J connectivity index is 1.75. The number of rotatable bonds is 4. The summed E-state index contributed by atoms with van der Waals surface area (Å²) in [7, 11) is 0. The number of hydrogen-bond donors (Lipinski definition) is 1. The number of hydrogen-bond acceptors (Lipinski definition) is 1. The van der Waals surface area contributed by atoms with Crippen LogP contribution >= 0.6 is 0 Å². The quantitative estimate of drug-likeness (QED) is 0.746. The van der Waals surface area contributed by atoms with Crippen molar-refractivity contribution in [2.75, 3.05) is 0 Å². The summed E-state index contributed by atoms with van der Waals surface area (Å²) in [5.41, 5.74) is 0. The molecule has 88 valence electrons. The molecule has 0 radical (unpaired) electrons. The van der Waals surface area contributed by atoms with Gasteiger partial charge < -0.3 is 5.32 Å². The normalized spacial score (nSPS) is 36.2. The molecule has 4 unspecified atom stereocenters. The van der Waals surface area contributed by atoms with E-state index in [-0.39, 0.29) is 0 Å². The summed E-state index contributed by atoms with van der Waals surface area (Å²) < 4.78 is 0. The lowest BCUT2D eigenvalue weighted by Crippen LogP contribution is -2.38. The average molecular weight is 209 g/mol. The second-order valence-electron chi connectivity index (χ2n) is 6.03. The maximum atomic E-state index is 3.80. The zero-order valence-corrected chi connectivity index (χ0v) is 10.6. The van der Waals surface area contributed by atoms with Gasteiger partial charge in [0.25, 0.3) is 0 Å². The van der Waals surface area contributed by atoms with Gasteiger partial charge in [-0.15, -0.1) is 0 Å². The molecule has 1 heteroatoms. The van der Waals surface area contributed by atoms with Gasteiger partial charge in [-0.25, -0.2) is 0 Å². The molecule has 15 heavy (non-hydrogen) atoms. The van der Waals surface area contributed by atoms with Gasteiger partial charge in [0.05, 0.1) is 0 Å². The Morgan fingerprint density at radius 1 is 1.07 bits per heavy atom. The topological polar surface area (TPSA) is 12.0 Å². The van der Waals surface area contributed by atoms with E-state index in [4.69, 9.17) is 0 Å². The second-order valence-corrected chi connectivity index (χ2v) is 6.03. The van der Waals surface area contributed by atoms with Crippen LogP contribution in [0.15, 0.2) is 0 Å². The molecule has 0 amide bonds. The van der Waals surface area contributed by atoms with Crippen molar-refractivity contribution in [2.45, 2.75) is 71.4 Å². The van der Waals surface area contributed by atoms with E-state index in [9.17, 15) is 0 Å². The molecule has 0 spiro atoms. The van der Waals surface area contributed by atoms with Crippen molar-refractivity contribution in [3.8, 4) is 0 Å². The number of nitrogens with one attached hydrogen (secondary N) is 1. The highest BCUT2D eigenvalue weighted by Crippen LogP contribution is 2.34. The molecule has 0 aliphatic heterocycles. The standard InChI is InChI=1S/C14H27N/c1-10-9-14(10)15-12(3)11(2)13-7-5-4-6-8-13/h10-15H,4-9H2,1-3H3. The van der Waals surface area contributed by atoms with Crippen LogP contribution in [-0.2, 0) is 0 Å². The molecule has 0 saturated heterocycles. The average Bonchev–Trinajstić information content (AvgIpc) is 2.94. The van der Waals surface area contributed by atoms with Crippen LogP contribution in [0, 0.1) is 17.8 Å². The van der Waals surface area contributed by atoms with E-state index in [1.54, 1.807) is 0 Å². The summed E-state index contributed by atoms with van der Waals surface area (Å²) in [4.78, 5) is 0. The molecule has 0 aromatic heterocycles. The van der Waals surface area contributed by atoms with Crippen molar-refractivity contribution < 1.29 is 0 Å². The fourth-order valence-electron chi connectivity index (χ4n) is 3.11. The van der Waals surface area contributed by atoms with Crippen molar-refractivity contribution in [2.24, 2.45) is 17.8 Å². The summed E-state index contributed by atoms with van der Waals surface area (Å²) in [5, 5.41) is 3.80. The van der Waals surface area contributed by atoms with Crippen LogP contribution in [0.25, 0.3) is 0 Å². The first-order chi connectivity index (χ1) is 7.18. The van der Waals surface area contributed by atoms with Crippen LogP contribution in [0.3, 0.4) is 0 Å². The van der Waals surface area contributed by atoms with Crippen LogP contribution < -0.4 is 5.32 Å². The van der Waals surface area contributed by atoms with Gasteiger partial charge in [-0.3, -0.25) is 0 Å². The van der Waals surface area contributed by atoms with E-state index in [0.717, 1.165) is 29.8 Å². The Labute approximate surface area is 95.0 Å². The molecule has 2 saturated carbocycles. The molecule has 0 heterocycles. The lowest BCUT2D eigenvalue weighted by molar-refractivity contribution is 0.217. The fraction of sp³-hybridized carbons (Fsp3) is 1.00. The first-order valence-corrected chi connectivity index (χ1v) is 6.94. The van der Waals surface area contributed by atoms with Crippen molar-refractivity contribution in [3.05, 3.63) is 0 Å². The summed E-state index contributed by atoms with van der Waals surface area (Å²) >= 11 is 0. The van der Waals surface area contributed by atoms with Crippen LogP contribution in [-0.4, -0.2) is 12.1 Å². The predicted molar refractivity (Wildman–Crippen MR) is 65.9 cm³/mol. The molecule has 2 rings (SSSR count). The highest BCUT2D eigenvalue weighted by molar-refractivity contribution is 4.92. The monoisotopic (exact) mass is 209 g/mol.